The van der Waals surface area contributed by atoms with Crippen LogP contribution in [0.3, 0.4) is 0 Å². The summed E-state index contributed by atoms with van der Waals surface area (Å²) in [4.78, 5) is 23.5. The van der Waals surface area contributed by atoms with Gasteiger partial charge in [-0.1, -0.05) is 42.5 Å². The quantitative estimate of drug-likeness (QED) is 0.769. The largest absolute Gasteiger partial charge is 0.497 e. The van der Waals surface area contributed by atoms with Gasteiger partial charge in [-0.3, -0.25) is 9.59 Å². The summed E-state index contributed by atoms with van der Waals surface area (Å²) >= 11 is 0. The lowest BCUT2D eigenvalue weighted by molar-refractivity contribution is -0.130. The zero-order valence-electron chi connectivity index (χ0n) is 13.4. The van der Waals surface area contributed by atoms with Gasteiger partial charge in [0, 0.05) is 0 Å². The summed E-state index contributed by atoms with van der Waals surface area (Å²) in [6, 6.07) is 15.3. The van der Waals surface area contributed by atoms with Gasteiger partial charge < -0.3 is 20.5 Å². The van der Waals surface area contributed by atoms with Crippen LogP contribution in [-0.2, 0) is 20.9 Å². The Morgan fingerprint density at radius 1 is 1.08 bits per heavy atom. The van der Waals surface area contributed by atoms with Crippen molar-refractivity contribution in [1.29, 1.82) is 0 Å². The Hall–Kier alpha value is -2.86. The Kier molecular flexibility index (Phi) is 6.33. The van der Waals surface area contributed by atoms with Gasteiger partial charge in [0.1, 0.15) is 18.4 Å². The molecular weight excluding hydrogens is 308 g/mol. The van der Waals surface area contributed by atoms with Crippen molar-refractivity contribution < 1.29 is 19.1 Å². The second kappa shape index (κ2) is 8.69. The molecular formula is C18H20N2O4. The van der Waals surface area contributed by atoms with E-state index in [1.807, 2.05) is 30.3 Å². The van der Waals surface area contributed by atoms with Crippen LogP contribution in [0.4, 0.5) is 0 Å². The lowest BCUT2D eigenvalue weighted by Crippen LogP contribution is -2.39. The predicted octanol–water partition coefficient (Wildman–Crippen LogP) is 1.55. The highest BCUT2D eigenvalue weighted by molar-refractivity contribution is 5.88. The summed E-state index contributed by atoms with van der Waals surface area (Å²) in [7, 11) is 1.59. The van der Waals surface area contributed by atoms with Crippen molar-refractivity contribution in [2.24, 2.45) is 5.73 Å². The summed E-state index contributed by atoms with van der Waals surface area (Å²) in [5.74, 6) is -0.274. The van der Waals surface area contributed by atoms with Crippen molar-refractivity contribution in [3.8, 4) is 5.75 Å². The molecule has 0 bridgehead atoms. The molecule has 6 heteroatoms. The van der Waals surface area contributed by atoms with Crippen LogP contribution in [0.5, 0.6) is 5.75 Å². The monoisotopic (exact) mass is 328 g/mol. The molecule has 0 aliphatic heterocycles. The molecule has 3 N–H and O–H groups in total. The molecule has 0 unspecified atom stereocenters. The maximum Gasteiger partial charge on any atom is 0.246 e. The molecule has 0 saturated heterocycles. The van der Waals surface area contributed by atoms with Gasteiger partial charge in [-0.15, -0.1) is 0 Å². The molecule has 0 spiro atoms. The number of carbonyl (C=O) groups is 2. The van der Waals surface area contributed by atoms with E-state index in [1.165, 1.54) is 0 Å². The van der Waals surface area contributed by atoms with Gasteiger partial charge in [-0.25, -0.2) is 0 Å². The van der Waals surface area contributed by atoms with Crippen molar-refractivity contribution in [3.05, 3.63) is 65.7 Å². The normalized spacial score (nSPS) is 11.5. The van der Waals surface area contributed by atoms with Gasteiger partial charge in [0.05, 0.1) is 13.7 Å². The standard InChI is InChI=1S/C18H20N2O4/c1-23-15-9-7-13(8-10-15)11-24-12-16(21)20-17(18(19)22)14-5-3-2-4-6-14/h2-10,17H,11-12H2,1H3,(H2,19,22)(H,20,21)/t17-/m1/s1. The highest BCUT2D eigenvalue weighted by Crippen LogP contribution is 2.13. The number of hydrogen-bond acceptors (Lipinski definition) is 4. The predicted molar refractivity (Wildman–Crippen MR) is 89.2 cm³/mol. The second-order valence-corrected chi connectivity index (χ2v) is 5.15. The molecule has 0 aromatic heterocycles. The van der Waals surface area contributed by atoms with Crippen LogP contribution in [0.15, 0.2) is 54.6 Å². The lowest BCUT2D eigenvalue weighted by Gasteiger charge is -2.16. The smallest absolute Gasteiger partial charge is 0.246 e. The van der Waals surface area contributed by atoms with Crippen LogP contribution < -0.4 is 15.8 Å². The van der Waals surface area contributed by atoms with Crippen molar-refractivity contribution in [1.82, 2.24) is 5.32 Å². The highest BCUT2D eigenvalue weighted by atomic mass is 16.5. The molecule has 2 rings (SSSR count). The number of methoxy groups -OCH3 is 1. The van der Waals surface area contributed by atoms with E-state index in [0.29, 0.717) is 5.56 Å². The SMILES string of the molecule is COc1ccc(COCC(=O)N[C@@H](C(N)=O)c2ccccc2)cc1. The fraction of sp³-hybridized carbons (Fsp3) is 0.222. The third kappa shape index (κ3) is 5.10. The minimum absolute atomic E-state index is 0.164. The molecule has 0 heterocycles. The molecule has 126 valence electrons. The first-order chi connectivity index (χ1) is 11.6. The Bertz CT molecular complexity index is 671. The van der Waals surface area contributed by atoms with E-state index >= 15 is 0 Å². The Labute approximate surface area is 140 Å². The van der Waals surface area contributed by atoms with E-state index in [2.05, 4.69) is 5.32 Å². The van der Waals surface area contributed by atoms with Crippen LogP contribution in [-0.4, -0.2) is 25.5 Å². The molecule has 0 saturated carbocycles. The molecule has 0 aliphatic rings. The number of primary amides is 1. The van der Waals surface area contributed by atoms with E-state index in [0.717, 1.165) is 11.3 Å². The third-order valence-electron chi connectivity index (χ3n) is 3.38. The van der Waals surface area contributed by atoms with Gasteiger partial charge in [0.2, 0.25) is 11.8 Å². The maximum atomic E-state index is 12.0. The van der Waals surface area contributed by atoms with Gasteiger partial charge in [0.25, 0.3) is 0 Å². The van der Waals surface area contributed by atoms with E-state index in [4.69, 9.17) is 15.2 Å². The summed E-state index contributed by atoms with van der Waals surface area (Å²) in [6.07, 6.45) is 0. The molecule has 0 aliphatic carbocycles. The number of rotatable bonds is 8. The molecule has 2 aromatic carbocycles. The third-order valence-corrected chi connectivity index (χ3v) is 3.38. The van der Waals surface area contributed by atoms with Gasteiger partial charge >= 0.3 is 0 Å². The fourth-order valence-electron chi connectivity index (χ4n) is 2.15. The highest BCUT2D eigenvalue weighted by Gasteiger charge is 2.19. The minimum Gasteiger partial charge on any atom is -0.497 e. The summed E-state index contributed by atoms with van der Waals surface area (Å²) < 4.78 is 10.4. The first-order valence-electron chi connectivity index (χ1n) is 7.44. The molecule has 6 nitrogen and oxygen atoms in total. The number of nitrogens with one attached hydrogen (secondary N) is 1. The number of nitrogens with two attached hydrogens (primary N) is 1. The summed E-state index contributed by atoms with van der Waals surface area (Å²) in [6.45, 7) is 0.118. The first-order valence-corrected chi connectivity index (χ1v) is 7.44. The van der Waals surface area contributed by atoms with Gasteiger partial charge in [-0.05, 0) is 23.3 Å². The average molecular weight is 328 g/mol. The Morgan fingerprint density at radius 2 is 1.75 bits per heavy atom. The van der Waals surface area contributed by atoms with Crippen molar-refractivity contribution >= 4 is 11.8 Å². The molecule has 0 fully saturated rings. The van der Waals surface area contributed by atoms with Crippen LogP contribution in [0.1, 0.15) is 17.2 Å². The van der Waals surface area contributed by atoms with Crippen molar-refractivity contribution in [3.63, 3.8) is 0 Å². The maximum absolute atomic E-state index is 12.0. The van der Waals surface area contributed by atoms with E-state index < -0.39 is 17.9 Å². The fourth-order valence-corrected chi connectivity index (χ4v) is 2.15. The number of amides is 2. The molecule has 2 aromatic rings. The van der Waals surface area contributed by atoms with E-state index in [9.17, 15) is 9.59 Å². The topological polar surface area (TPSA) is 90.7 Å². The minimum atomic E-state index is -0.872. The van der Waals surface area contributed by atoms with Crippen LogP contribution in [0.2, 0.25) is 0 Å². The molecule has 2 amide bonds. The number of ether oxygens (including phenoxy) is 2. The van der Waals surface area contributed by atoms with Gasteiger partial charge in [0.15, 0.2) is 0 Å². The molecule has 24 heavy (non-hydrogen) atoms. The van der Waals surface area contributed by atoms with E-state index in [-0.39, 0.29) is 13.2 Å². The van der Waals surface area contributed by atoms with Crippen LogP contribution in [0, 0.1) is 0 Å². The number of carbonyl (C=O) groups excluding carboxylic acids is 2. The average Bonchev–Trinajstić information content (AvgIpc) is 2.61. The van der Waals surface area contributed by atoms with Crippen LogP contribution in [0.25, 0.3) is 0 Å². The zero-order chi connectivity index (χ0) is 17.4. The van der Waals surface area contributed by atoms with E-state index in [1.54, 1.807) is 31.4 Å². The zero-order valence-corrected chi connectivity index (χ0v) is 13.4. The lowest BCUT2D eigenvalue weighted by atomic mass is 10.1. The van der Waals surface area contributed by atoms with Crippen LogP contribution >= 0.6 is 0 Å². The summed E-state index contributed by atoms with van der Waals surface area (Å²) in [5, 5.41) is 2.58. The second-order valence-electron chi connectivity index (χ2n) is 5.15. The Balaban J connectivity index is 1.84. The Morgan fingerprint density at radius 3 is 2.33 bits per heavy atom. The molecule has 0 radical (unpaired) electrons. The summed E-state index contributed by atoms with van der Waals surface area (Å²) in [5.41, 5.74) is 6.91. The first kappa shape index (κ1) is 17.5. The van der Waals surface area contributed by atoms with Crippen molar-refractivity contribution in [2.75, 3.05) is 13.7 Å². The van der Waals surface area contributed by atoms with Crippen molar-refractivity contribution in [2.45, 2.75) is 12.6 Å². The number of hydrogen-bond donors (Lipinski definition) is 2. The molecule has 1 atom stereocenters. The number of benzene rings is 2. The van der Waals surface area contributed by atoms with Gasteiger partial charge in [-0.2, -0.15) is 0 Å².